The second-order valence-corrected chi connectivity index (χ2v) is 8.19. The Morgan fingerprint density at radius 2 is 1.09 bits per heavy atom. The first-order valence-electron chi connectivity index (χ1n) is 10.7. The van der Waals surface area contributed by atoms with E-state index in [1.165, 1.54) is 0 Å². The molecule has 0 aliphatic heterocycles. The van der Waals surface area contributed by atoms with E-state index >= 15 is 0 Å². The summed E-state index contributed by atoms with van der Waals surface area (Å²) in [5.41, 5.74) is 3.07. The van der Waals surface area contributed by atoms with E-state index in [0.717, 1.165) is 55.6 Å². The van der Waals surface area contributed by atoms with Crippen LogP contribution in [0.3, 0.4) is 0 Å². The van der Waals surface area contributed by atoms with Crippen LogP contribution in [0.5, 0.6) is 0 Å². The third-order valence-corrected chi connectivity index (χ3v) is 6.24. The normalized spacial score (nSPS) is 11.5. The van der Waals surface area contributed by atoms with Crippen LogP contribution in [0.4, 0.5) is 13.2 Å². The van der Waals surface area contributed by atoms with E-state index in [1.807, 2.05) is 54.6 Å². The third-order valence-electron chi connectivity index (χ3n) is 6.24. The van der Waals surface area contributed by atoms with Gasteiger partial charge in [-0.15, -0.1) is 0 Å². The molecule has 158 valence electrons. The van der Waals surface area contributed by atoms with Crippen LogP contribution < -0.4 is 0 Å². The first-order valence-corrected chi connectivity index (χ1v) is 10.7. The van der Waals surface area contributed by atoms with E-state index in [1.54, 1.807) is 0 Å². The molecule has 6 aromatic carbocycles. The van der Waals surface area contributed by atoms with Gasteiger partial charge in [-0.05, 0) is 78.8 Å². The van der Waals surface area contributed by atoms with Crippen LogP contribution in [0.2, 0.25) is 0 Å². The van der Waals surface area contributed by atoms with Gasteiger partial charge in [-0.1, -0.05) is 78.9 Å². The fraction of sp³-hybridized carbons (Fsp3) is 0. The molecule has 6 rings (SSSR count). The Hall–Kier alpha value is -4.11. The van der Waals surface area contributed by atoms with Crippen LogP contribution in [-0.4, -0.2) is 0 Å². The van der Waals surface area contributed by atoms with E-state index < -0.39 is 17.5 Å². The molecule has 0 bridgehead atoms. The molecule has 0 aliphatic carbocycles. The van der Waals surface area contributed by atoms with E-state index in [2.05, 4.69) is 36.4 Å². The lowest BCUT2D eigenvalue weighted by Gasteiger charge is -2.16. The second-order valence-electron chi connectivity index (χ2n) is 8.19. The molecular formula is C30H17F3. The van der Waals surface area contributed by atoms with Gasteiger partial charge in [0, 0.05) is 0 Å². The zero-order valence-corrected chi connectivity index (χ0v) is 17.4. The summed E-state index contributed by atoms with van der Waals surface area (Å²) in [6.45, 7) is 0. The summed E-state index contributed by atoms with van der Waals surface area (Å²) < 4.78 is 41.7. The first kappa shape index (κ1) is 19.6. The molecule has 0 nitrogen and oxygen atoms in total. The van der Waals surface area contributed by atoms with Gasteiger partial charge in [0.2, 0.25) is 0 Å². The number of halogens is 3. The fourth-order valence-electron chi connectivity index (χ4n) is 4.71. The topological polar surface area (TPSA) is 0 Å². The van der Waals surface area contributed by atoms with Crippen molar-refractivity contribution in [3.63, 3.8) is 0 Å². The number of fused-ring (bicyclic) bond motifs is 3. The van der Waals surface area contributed by atoms with Crippen LogP contribution in [0.25, 0.3) is 54.6 Å². The zero-order chi connectivity index (χ0) is 22.5. The highest BCUT2D eigenvalue weighted by Crippen LogP contribution is 2.41. The molecule has 3 heteroatoms. The molecule has 0 aliphatic rings. The number of hydrogen-bond donors (Lipinski definition) is 0. The van der Waals surface area contributed by atoms with Gasteiger partial charge >= 0.3 is 0 Å². The summed E-state index contributed by atoms with van der Waals surface area (Å²) in [5, 5.41) is 6.22. The molecule has 0 amide bonds. The minimum Gasteiger partial charge on any atom is -0.204 e. The molecular weight excluding hydrogens is 417 g/mol. The van der Waals surface area contributed by atoms with Crippen molar-refractivity contribution >= 4 is 32.3 Å². The number of benzene rings is 6. The highest BCUT2D eigenvalue weighted by atomic mass is 19.2. The van der Waals surface area contributed by atoms with Gasteiger partial charge in [0.1, 0.15) is 0 Å². The van der Waals surface area contributed by atoms with Crippen molar-refractivity contribution < 1.29 is 13.2 Å². The molecule has 0 atom stereocenters. The minimum absolute atomic E-state index is 0.303. The molecule has 33 heavy (non-hydrogen) atoms. The Bertz CT molecular complexity index is 1680. The first-order chi connectivity index (χ1) is 16.1. The maximum Gasteiger partial charge on any atom is 0.194 e. The SMILES string of the molecule is Fc1cc(-c2cccc3c(-c4ccc5ccccc5c4)c4ccccc4cc23)cc(F)c1F. The van der Waals surface area contributed by atoms with Gasteiger partial charge < -0.3 is 0 Å². The van der Waals surface area contributed by atoms with E-state index in [-0.39, 0.29) is 0 Å². The monoisotopic (exact) mass is 434 g/mol. The van der Waals surface area contributed by atoms with Crippen LogP contribution in [-0.2, 0) is 0 Å². The Labute approximate surface area is 188 Å². The Morgan fingerprint density at radius 1 is 0.424 bits per heavy atom. The van der Waals surface area contributed by atoms with Crippen molar-refractivity contribution in [2.24, 2.45) is 0 Å². The van der Waals surface area contributed by atoms with Gasteiger partial charge in [-0.25, -0.2) is 13.2 Å². The molecule has 0 saturated carbocycles. The number of rotatable bonds is 2. The fourth-order valence-corrected chi connectivity index (χ4v) is 4.71. The van der Waals surface area contributed by atoms with Gasteiger partial charge in [0.05, 0.1) is 0 Å². The van der Waals surface area contributed by atoms with Crippen LogP contribution in [0, 0.1) is 17.5 Å². The predicted molar refractivity (Wildman–Crippen MR) is 130 cm³/mol. The summed E-state index contributed by atoms with van der Waals surface area (Å²) in [6.07, 6.45) is 0. The molecule has 0 N–H and O–H groups in total. The van der Waals surface area contributed by atoms with Crippen molar-refractivity contribution in [1.82, 2.24) is 0 Å². The van der Waals surface area contributed by atoms with Gasteiger partial charge in [0.15, 0.2) is 17.5 Å². The van der Waals surface area contributed by atoms with Crippen LogP contribution >= 0.6 is 0 Å². The summed E-state index contributed by atoms with van der Waals surface area (Å²) in [7, 11) is 0. The van der Waals surface area contributed by atoms with Crippen molar-refractivity contribution in [1.29, 1.82) is 0 Å². The van der Waals surface area contributed by atoms with Crippen LogP contribution in [0.1, 0.15) is 0 Å². The van der Waals surface area contributed by atoms with Crippen LogP contribution in [0.15, 0.2) is 103 Å². The number of hydrogen-bond acceptors (Lipinski definition) is 0. The Balaban J connectivity index is 1.72. The van der Waals surface area contributed by atoms with Gasteiger partial charge in [-0.2, -0.15) is 0 Å². The molecule has 6 aromatic rings. The molecule has 0 saturated heterocycles. The van der Waals surface area contributed by atoms with E-state index in [4.69, 9.17) is 0 Å². The summed E-state index contributed by atoms with van der Waals surface area (Å²) >= 11 is 0. The Morgan fingerprint density at radius 3 is 1.88 bits per heavy atom. The molecule has 0 aromatic heterocycles. The largest absolute Gasteiger partial charge is 0.204 e. The minimum atomic E-state index is -1.46. The van der Waals surface area contributed by atoms with E-state index in [0.29, 0.717) is 11.1 Å². The lowest BCUT2D eigenvalue weighted by Crippen LogP contribution is -1.93. The van der Waals surface area contributed by atoms with Gasteiger partial charge in [-0.3, -0.25) is 0 Å². The highest BCUT2D eigenvalue weighted by molar-refractivity contribution is 6.16. The zero-order valence-electron chi connectivity index (χ0n) is 17.4. The summed E-state index contributed by atoms with van der Waals surface area (Å²) in [4.78, 5) is 0. The third kappa shape index (κ3) is 3.16. The molecule has 0 unspecified atom stereocenters. The Kier molecular flexibility index (Phi) is 4.44. The maximum atomic E-state index is 14.1. The second kappa shape index (κ2) is 7.49. The van der Waals surface area contributed by atoms with Crippen molar-refractivity contribution in [2.45, 2.75) is 0 Å². The standard InChI is InChI=1S/C30H17F3/c31-27-16-22(17-28(32)30(27)33)23-10-5-11-25-26(23)15-20-8-3-4-9-24(20)29(25)21-13-12-18-6-1-2-7-19(18)14-21/h1-17H. The molecule has 0 radical (unpaired) electrons. The predicted octanol–water partition coefficient (Wildman–Crippen LogP) is 8.90. The van der Waals surface area contributed by atoms with Crippen molar-refractivity contribution in [3.05, 3.63) is 121 Å². The average Bonchev–Trinajstić information content (AvgIpc) is 2.85. The smallest absolute Gasteiger partial charge is 0.194 e. The molecule has 0 fully saturated rings. The molecule has 0 heterocycles. The van der Waals surface area contributed by atoms with E-state index in [9.17, 15) is 13.2 Å². The van der Waals surface area contributed by atoms with Crippen molar-refractivity contribution in [2.75, 3.05) is 0 Å². The van der Waals surface area contributed by atoms with Crippen molar-refractivity contribution in [3.8, 4) is 22.3 Å². The average molecular weight is 434 g/mol. The summed E-state index contributed by atoms with van der Waals surface area (Å²) in [6, 6.07) is 32.5. The maximum absolute atomic E-state index is 14.1. The lowest BCUT2D eigenvalue weighted by atomic mass is 9.88. The summed E-state index contributed by atoms with van der Waals surface area (Å²) in [5.74, 6) is -3.85. The van der Waals surface area contributed by atoms with Gasteiger partial charge in [0.25, 0.3) is 0 Å². The lowest BCUT2D eigenvalue weighted by molar-refractivity contribution is 0.448. The quantitative estimate of drug-likeness (QED) is 0.189. The molecule has 0 spiro atoms. The highest BCUT2D eigenvalue weighted by Gasteiger charge is 2.16.